The van der Waals surface area contributed by atoms with Crippen molar-refractivity contribution in [2.75, 3.05) is 7.05 Å². The van der Waals surface area contributed by atoms with Gasteiger partial charge in [-0.25, -0.2) is 0 Å². The molecule has 1 heterocycles. The van der Waals surface area contributed by atoms with Crippen molar-refractivity contribution >= 4 is 5.91 Å². The summed E-state index contributed by atoms with van der Waals surface area (Å²) in [5.41, 5.74) is 2.00. The molecular weight excluding hydrogens is 252 g/mol. The normalized spacial score (nSPS) is 11.7. The Morgan fingerprint density at radius 2 is 2.05 bits per heavy atom. The Morgan fingerprint density at radius 3 is 2.55 bits per heavy atom. The van der Waals surface area contributed by atoms with Crippen molar-refractivity contribution in [3.8, 4) is 6.07 Å². The first kappa shape index (κ1) is 13.9. The molecule has 0 bridgehead atoms. The fourth-order valence-corrected chi connectivity index (χ4v) is 2.01. The van der Waals surface area contributed by atoms with Crippen LogP contribution in [0.3, 0.4) is 0 Å². The van der Waals surface area contributed by atoms with E-state index in [1.165, 1.54) is 16.7 Å². The number of carbonyl (C=O) groups excluding carboxylic acids is 1. The van der Waals surface area contributed by atoms with Crippen LogP contribution in [0.15, 0.2) is 47.1 Å². The third kappa shape index (κ3) is 2.72. The number of nitrogens with zero attached hydrogens (tertiary/aromatic N) is 2. The molecule has 102 valence electrons. The van der Waals surface area contributed by atoms with Crippen molar-refractivity contribution in [2.45, 2.75) is 19.4 Å². The molecule has 0 aliphatic heterocycles. The maximum absolute atomic E-state index is 12.2. The van der Waals surface area contributed by atoms with Gasteiger partial charge in [-0.15, -0.1) is 0 Å². The SMILES string of the molecule is CCc1ccc(C(C#N)N(C)C(=O)c2ccco2)cc1. The summed E-state index contributed by atoms with van der Waals surface area (Å²) in [6.45, 7) is 2.07. The second kappa shape index (κ2) is 6.07. The first-order valence-electron chi connectivity index (χ1n) is 6.46. The smallest absolute Gasteiger partial charge is 0.290 e. The Balaban J connectivity index is 2.23. The van der Waals surface area contributed by atoms with Crippen molar-refractivity contribution in [1.29, 1.82) is 5.26 Å². The van der Waals surface area contributed by atoms with Gasteiger partial charge >= 0.3 is 0 Å². The van der Waals surface area contributed by atoms with Crippen molar-refractivity contribution in [3.05, 3.63) is 59.5 Å². The van der Waals surface area contributed by atoms with Gasteiger partial charge in [0, 0.05) is 7.05 Å². The molecule has 4 nitrogen and oxygen atoms in total. The van der Waals surface area contributed by atoms with Crippen LogP contribution in [0, 0.1) is 11.3 Å². The molecule has 1 aromatic carbocycles. The van der Waals surface area contributed by atoms with E-state index in [9.17, 15) is 10.1 Å². The van der Waals surface area contributed by atoms with Crippen molar-refractivity contribution < 1.29 is 9.21 Å². The quantitative estimate of drug-likeness (QED) is 0.855. The Morgan fingerprint density at radius 1 is 1.35 bits per heavy atom. The van der Waals surface area contributed by atoms with Gasteiger partial charge in [0.15, 0.2) is 5.76 Å². The molecule has 0 fully saturated rings. The van der Waals surface area contributed by atoms with Crippen LogP contribution in [0.25, 0.3) is 0 Å². The highest BCUT2D eigenvalue weighted by Gasteiger charge is 2.23. The Kier molecular flexibility index (Phi) is 4.21. The summed E-state index contributed by atoms with van der Waals surface area (Å²) in [7, 11) is 1.60. The van der Waals surface area contributed by atoms with Crippen LogP contribution < -0.4 is 0 Å². The average molecular weight is 268 g/mol. The van der Waals surface area contributed by atoms with Crippen molar-refractivity contribution in [1.82, 2.24) is 4.90 Å². The van der Waals surface area contributed by atoms with E-state index in [0.29, 0.717) is 0 Å². The first-order valence-corrected chi connectivity index (χ1v) is 6.46. The molecule has 4 heteroatoms. The summed E-state index contributed by atoms with van der Waals surface area (Å²) in [6.07, 6.45) is 2.39. The van der Waals surface area contributed by atoms with Crippen LogP contribution in [0.4, 0.5) is 0 Å². The summed E-state index contributed by atoms with van der Waals surface area (Å²) in [5, 5.41) is 9.35. The van der Waals surface area contributed by atoms with E-state index in [-0.39, 0.29) is 11.7 Å². The van der Waals surface area contributed by atoms with Crippen molar-refractivity contribution in [3.63, 3.8) is 0 Å². The number of rotatable bonds is 4. The highest BCUT2D eigenvalue weighted by atomic mass is 16.3. The third-order valence-electron chi connectivity index (χ3n) is 3.27. The minimum absolute atomic E-state index is 0.234. The highest BCUT2D eigenvalue weighted by molar-refractivity contribution is 5.91. The van der Waals surface area contributed by atoms with Gasteiger partial charge < -0.3 is 9.32 Å². The minimum Gasteiger partial charge on any atom is -0.459 e. The molecular formula is C16H16N2O2. The molecule has 20 heavy (non-hydrogen) atoms. The number of hydrogen-bond donors (Lipinski definition) is 0. The molecule has 2 aromatic rings. The van der Waals surface area contributed by atoms with Gasteiger partial charge in [0.05, 0.1) is 12.3 Å². The fourth-order valence-electron chi connectivity index (χ4n) is 2.01. The Labute approximate surface area is 118 Å². The van der Waals surface area contributed by atoms with Gasteiger partial charge in [-0.2, -0.15) is 5.26 Å². The molecule has 0 spiro atoms. The van der Waals surface area contributed by atoms with Crippen LogP contribution >= 0.6 is 0 Å². The van der Waals surface area contributed by atoms with E-state index in [1.807, 2.05) is 24.3 Å². The van der Waals surface area contributed by atoms with Gasteiger partial charge in [-0.3, -0.25) is 4.79 Å². The summed E-state index contributed by atoms with van der Waals surface area (Å²) in [4.78, 5) is 13.6. The largest absolute Gasteiger partial charge is 0.459 e. The highest BCUT2D eigenvalue weighted by Crippen LogP contribution is 2.21. The van der Waals surface area contributed by atoms with Gasteiger partial charge in [0.25, 0.3) is 5.91 Å². The van der Waals surface area contributed by atoms with Gasteiger partial charge in [-0.05, 0) is 29.7 Å². The predicted octanol–water partition coefficient (Wildman–Crippen LogP) is 3.18. The van der Waals surface area contributed by atoms with Crippen LogP contribution in [-0.2, 0) is 6.42 Å². The maximum atomic E-state index is 12.2. The van der Waals surface area contributed by atoms with E-state index in [2.05, 4.69) is 13.0 Å². The number of hydrogen-bond acceptors (Lipinski definition) is 3. The number of benzene rings is 1. The van der Waals surface area contributed by atoms with Crippen LogP contribution in [-0.4, -0.2) is 17.9 Å². The molecule has 0 saturated heterocycles. The van der Waals surface area contributed by atoms with E-state index < -0.39 is 6.04 Å². The summed E-state index contributed by atoms with van der Waals surface area (Å²) < 4.78 is 5.08. The topological polar surface area (TPSA) is 57.2 Å². The van der Waals surface area contributed by atoms with Crippen LogP contribution in [0.1, 0.15) is 34.6 Å². The number of aryl methyl sites for hydroxylation is 1. The molecule has 0 aliphatic carbocycles. The summed E-state index contributed by atoms with van der Waals surface area (Å²) in [6, 6.07) is 12.5. The molecule has 0 saturated carbocycles. The summed E-state index contributed by atoms with van der Waals surface area (Å²) >= 11 is 0. The van der Waals surface area contributed by atoms with E-state index in [0.717, 1.165) is 12.0 Å². The lowest BCUT2D eigenvalue weighted by Gasteiger charge is -2.22. The lowest BCUT2D eigenvalue weighted by molar-refractivity contribution is 0.0731. The first-order chi connectivity index (χ1) is 9.67. The van der Waals surface area contributed by atoms with Gasteiger partial charge in [0.1, 0.15) is 6.04 Å². The lowest BCUT2D eigenvalue weighted by Crippen LogP contribution is -2.30. The molecule has 0 N–H and O–H groups in total. The minimum atomic E-state index is -0.626. The zero-order valence-corrected chi connectivity index (χ0v) is 11.5. The third-order valence-corrected chi connectivity index (χ3v) is 3.27. The average Bonchev–Trinajstić information content (AvgIpc) is 3.02. The second-order valence-electron chi connectivity index (χ2n) is 4.52. The molecule has 1 aromatic heterocycles. The Hall–Kier alpha value is -2.54. The lowest BCUT2D eigenvalue weighted by atomic mass is 10.0. The van der Waals surface area contributed by atoms with Crippen LogP contribution in [0.2, 0.25) is 0 Å². The zero-order valence-electron chi connectivity index (χ0n) is 11.5. The number of nitriles is 1. The predicted molar refractivity (Wildman–Crippen MR) is 75.0 cm³/mol. The van der Waals surface area contributed by atoms with E-state index in [4.69, 9.17) is 4.42 Å². The molecule has 0 aliphatic rings. The second-order valence-corrected chi connectivity index (χ2v) is 4.52. The van der Waals surface area contributed by atoms with Crippen molar-refractivity contribution in [2.24, 2.45) is 0 Å². The summed E-state index contributed by atoms with van der Waals surface area (Å²) in [5.74, 6) is -0.0703. The van der Waals surface area contributed by atoms with E-state index in [1.54, 1.807) is 19.2 Å². The fraction of sp³-hybridized carbons (Fsp3) is 0.250. The molecule has 1 unspecified atom stereocenters. The van der Waals surface area contributed by atoms with Gasteiger partial charge in [0.2, 0.25) is 0 Å². The molecule has 1 atom stereocenters. The number of amides is 1. The van der Waals surface area contributed by atoms with Crippen LogP contribution in [0.5, 0.6) is 0 Å². The zero-order chi connectivity index (χ0) is 14.5. The number of furan rings is 1. The van der Waals surface area contributed by atoms with E-state index >= 15 is 0 Å². The molecule has 1 amide bonds. The molecule has 2 rings (SSSR count). The Bertz CT molecular complexity index is 609. The maximum Gasteiger partial charge on any atom is 0.290 e. The standard InChI is InChI=1S/C16H16N2O2/c1-3-12-6-8-13(9-7-12)14(11-17)18(2)16(19)15-5-4-10-20-15/h4-10,14H,3H2,1-2H3. The number of carbonyl (C=O) groups is 1. The monoisotopic (exact) mass is 268 g/mol. The van der Waals surface area contributed by atoms with Gasteiger partial charge in [-0.1, -0.05) is 31.2 Å². The molecule has 0 radical (unpaired) electrons.